The number of carbonyl (C=O) groups excluding carboxylic acids is 1. The maximum absolute atomic E-state index is 12.9. The lowest BCUT2D eigenvalue weighted by Crippen LogP contribution is -2.32. The smallest absolute Gasteiger partial charge is 0.232 e. The minimum atomic E-state index is -0.137. The van der Waals surface area contributed by atoms with Crippen LogP contribution in [0.15, 0.2) is 36.4 Å². The second kappa shape index (κ2) is 5.74. The highest BCUT2D eigenvalue weighted by Crippen LogP contribution is 2.38. The van der Waals surface area contributed by atoms with Crippen molar-refractivity contribution >= 4 is 17.3 Å². The zero-order valence-electron chi connectivity index (χ0n) is 13.8. The molecule has 2 aliphatic rings. The molecule has 0 fully saturated rings. The number of nitrogens with one attached hydrogen (secondary N) is 1. The fourth-order valence-electron chi connectivity index (χ4n) is 3.40. The largest absolute Gasteiger partial charge is 0.454 e. The van der Waals surface area contributed by atoms with E-state index in [-0.39, 0.29) is 18.6 Å². The van der Waals surface area contributed by atoms with E-state index in [9.17, 15) is 4.79 Å². The third-order valence-electron chi connectivity index (χ3n) is 4.77. The molecule has 0 bridgehead atoms. The van der Waals surface area contributed by atoms with Gasteiger partial charge in [0.1, 0.15) is 0 Å². The second-order valence-electron chi connectivity index (χ2n) is 6.33. The van der Waals surface area contributed by atoms with Gasteiger partial charge in [0, 0.05) is 31.0 Å². The van der Waals surface area contributed by atoms with E-state index in [1.807, 2.05) is 37.3 Å². The van der Waals surface area contributed by atoms with E-state index in [4.69, 9.17) is 9.47 Å². The average Bonchev–Trinajstić information content (AvgIpc) is 3.02. The number of amides is 1. The standard InChI is InChI=1S/C19H20N2O3/c1-12-9-17-18(24-11-23-17)10-15(12)20-19(22)14-7-8-21(2)16-6-4-3-5-13(14)16/h3-6,9-10,14H,7-8,11H2,1-2H3,(H,20,22)/t14-/m1/s1. The number of carbonyl (C=O) groups is 1. The van der Waals surface area contributed by atoms with Gasteiger partial charge in [0.15, 0.2) is 11.5 Å². The number of rotatable bonds is 2. The summed E-state index contributed by atoms with van der Waals surface area (Å²) in [5.74, 6) is 1.30. The molecule has 0 unspecified atom stereocenters. The molecule has 2 aromatic rings. The van der Waals surface area contributed by atoms with Crippen LogP contribution in [0.2, 0.25) is 0 Å². The molecule has 1 N–H and O–H groups in total. The first-order valence-electron chi connectivity index (χ1n) is 8.14. The number of para-hydroxylation sites is 1. The third-order valence-corrected chi connectivity index (χ3v) is 4.77. The first-order chi connectivity index (χ1) is 11.6. The number of benzene rings is 2. The minimum Gasteiger partial charge on any atom is -0.454 e. The van der Waals surface area contributed by atoms with Gasteiger partial charge in [0.25, 0.3) is 0 Å². The number of nitrogens with zero attached hydrogens (tertiary/aromatic N) is 1. The second-order valence-corrected chi connectivity index (χ2v) is 6.33. The Kier molecular flexibility index (Phi) is 3.56. The molecule has 1 amide bonds. The van der Waals surface area contributed by atoms with Crippen molar-refractivity contribution in [1.82, 2.24) is 0 Å². The lowest BCUT2D eigenvalue weighted by Gasteiger charge is -2.32. The maximum atomic E-state index is 12.9. The Morgan fingerprint density at radius 3 is 2.79 bits per heavy atom. The summed E-state index contributed by atoms with van der Waals surface area (Å²) in [6, 6.07) is 11.9. The molecule has 1 atom stereocenters. The molecule has 124 valence electrons. The monoisotopic (exact) mass is 324 g/mol. The van der Waals surface area contributed by atoms with Crippen molar-refractivity contribution in [2.75, 3.05) is 30.6 Å². The fourth-order valence-corrected chi connectivity index (χ4v) is 3.40. The number of fused-ring (bicyclic) bond motifs is 2. The van der Waals surface area contributed by atoms with Crippen LogP contribution in [-0.2, 0) is 4.79 Å². The van der Waals surface area contributed by atoms with E-state index in [1.165, 1.54) is 0 Å². The Hall–Kier alpha value is -2.69. The minimum absolute atomic E-state index is 0.0255. The average molecular weight is 324 g/mol. The number of aryl methyl sites for hydroxylation is 1. The van der Waals surface area contributed by atoms with Gasteiger partial charge < -0.3 is 19.7 Å². The zero-order chi connectivity index (χ0) is 16.7. The van der Waals surface area contributed by atoms with Crippen LogP contribution in [-0.4, -0.2) is 26.3 Å². The van der Waals surface area contributed by atoms with Gasteiger partial charge in [-0.25, -0.2) is 0 Å². The molecule has 2 heterocycles. The summed E-state index contributed by atoms with van der Waals surface area (Å²) in [6.07, 6.45) is 0.808. The predicted molar refractivity (Wildman–Crippen MR) is 93.0 cm³/mol. The van der Waals surface area contributed by atoms with Crippen molar-refractivity contribution < 1.29 is 14.3 Å². The summed E-state index contributed by atoms with van der Waals surface area (Å²) in [5, 5.41) is 3.07. The van der Waals surface area contributed by atoms with Crippen LogP contribution in [0.1, 0.15) is 23.5 Å². The van der Waals surface area contributed by atoms with Crippen LogP contribution < -0.4 is 19.7 Å². The van der Waals surface area contributed by atoms with E-state index in [1.54, 1.807) is 0 Å². The van der Waals surface area contributed by atoms with Gasteiger partial charge in [-0.3, -0.25) is 4.79 Å². The molecule has 2 aromatic carbocycles. The number of hydrogen-bond donors (Lipinski definition) is 1. The van der Waals surface area contributed by atoms with Gasteiger partial charge in [0.05, 0.1) is 5.92 Å². The molecular weight excluding hydrogens is 304 g/mol. The van der Waals surface area contributed by atoms with E-state index in [0.29, 0.717) is 5.75 Å². The molecule has 24 heavy (non-hydrogen) atoms. The first-order valence-corrected chi connectivity index (χ1v) is 8.14. The van der Waals surface area contributed by atoms with Crippen molar-refractivity contribution in [2.45, 2.75) is 19.3 Å². The van der Waals surface area contributed by atoms with Crippen LogP contribution in [0.5, 0.6) is 11.5 Å². The van der Waals surface area contributed by atoms with Crippen molar-refractivity contribution in [3.05, 3.63) is 47.5 Å². The highest BCUT2D eigenvalue weighted by molar-refractivity contribution is 5.98. The van der Waals surface area contributed by atoms with Gasteiger partial charge >= 0.3 is 0 Å². The Labute approximate surface area is 141 Å². The van der Waals surface area contributed by atoms with Crippen LogP contribution in [0.4, 0.5) is 11.4 Å². The highest BCUT2D eigenvalue weighted by Gasteiger charge is 2.29. The van der Waals surface area contributed by atoms with Crippen LogP contribution in [0.25, 0.3) is 0 Å². The molecule has 0 radical (unpaired) electrons. The summed E-state index contributed by atoms with van der Waals surface area (Å²) in [6.45, 7) is 3.06. The van der Waals surface area contributed by atoms with Gasteiger partial charge in [-0.15, -0.1) is 0 Å². The summed E-state index contributed by atoms with van der Waals surface area (Å²) < 4.78 is 10.8. The quantitative estimate of drug-likeness (QED) is 0.921. The van der Waals surface area contributed by atoms with Crippen molar-refractivity contribution in [3.63, 3.8) is 0 Å². The molecule has 0 saturated heterocycles. The highest BCUT2D eigenvalue weighted by atomic mass is 16.7. The van der Waals surface area contributed by atoms with Crippen molar-refractivity contribution in [1.29, 1.82) is 0 Å². The maximum Gasteiger partial charge on any atom is 0.232 e. The predicted octanol–water partition coefficient (Wildman–Crippen LogP) is 3.29. The lowest BCUT2D eigenvalue weighted by molar-refractivity contribution is -0.117. The Morgan fingerprint density at radius 1 is 1.21 bits per heavy atom. The summed E-state index contributed by atoms with van der Waals surface area (Å²) in [5.41, 5.74) is 3.96. The summed E-state index contributed by atoms with van der Waals surface area (Å²) in [4.78, 5) is 15.1. The molecule has 5 heteroatoms. The van der Waals surface area contributed by atoms with E-state index < -0.39 is 0 Å². The molecule has 0 aromatic heterocycles. The van der Waals surface area contributed by atoms with Gasteiger partial charge in [0.2, 0.25) is 12.7 Å². The summed E-state index contributed by atoms with van der Waals surface area (Å²) in [7, 11) is 2.06. The molecule has 2 aliphatic heterocycles. The Morgan fingerprint density at radius 2 is 1.96 bits per heavy atom. The number of ether oxygens (including phenoxy) is 2. The Balaban J connectivity index is 1.61. The van der Waals surface area contributed by atoms with Crippen molar-refractivity contribution in [2.24, 2.45) is 0 Å². The van der Waals surface area contributed by atoms with Crippen LogP contribution in [0, 0.1) is 6.92 Å². The lowest BCUT2D eigenvalue weighted by atomic mass is 9.89. The van der Waals surface area contributed by atoms with Crippen LogP contribution in [0.3, 0.4) is 0 Å². The van der Waals surface area contributed by atoms with Gasteiger partial charge in [-0.1, -0.05) is 18.2 Å². The molecule has 0 saturated carbocycles. The number of anilines is 2. The molecule has 0 spiro atoms. The summed E-state index contributed by atoms with van der Waals surface area (Å²) >= 11 is 0. The molecule has 4 rings (SSSR count). The normalized spacial score (nSPS) is 18.2. The SMILES string of the molecule is Cc1cc2c(cc1NC(=O)[C@@H]1CCN(C)c3ccccc31)OCO2. The first kappa shape index (κ1) is 14.9. The Bertz CT molecular complexity index is 803. The topological polar surface area (TPSA) is 50.8 Å². The third kappa shape index (κ3) is 2.46. The molecular formula is C19H20N2O3. The molecule has 5 nitrogen and oxygen atoms in total. The van der Waals surface area contributed by atoms with Gasteiger partial charge in [-0.05, 0) is 36.6 Å². The van der Waals surface area contributed by atoms with E-state index in [2.05, 4.69) is 23.3 Å². The van der Waals surface area contributed by atoms with E-state index in [0.717, 1.165) is 41.2 Å². The molecule has 0 aliphatic carbocycles. The van der Waals surface area contributed by atoms with Crippen LogP contribution >= 0.6 is 0 Å². The number of hydrogen-bond acceptors (Lipinski definition) is 4. The van der Waals surface area contributed by atoms with Crippen molar-refractivity contribution in [3.8, 4) is 11.5 Å². The van der Waals surface area contributed by atoms with E-state index >= 15 is 0 Å². The fraction of sp³-hybridized carbons (Fsp3) is 0.316. The van der Waals surface area contributed by atoms with Gasteiger partial charge in [-0.2, -0.15) is 0 Å². The zero-order valence-corrected chi connectivity index (χ0v) is 13.8.